The number of benzene rings is 8. The molecule has 1 aliphatic carbocycles. The zero-order valence-electron chi connectivity index (χ0n) is 26.5. The molecule has 1 nitrogen and oxygen atoms in total. The lowest BCUT2D eigenvalue weighted by Gasteiger charge is -2.30. The summed E-state index contributed by atoms with van der Waals surface area (Å²) in [7, 11) is 0. The van der Waals surface area contributed by atoms with Crippen LogP contribution in [-0.2, 0) is 0 Å². The Balaban J connectivity index is 1.31. The van der Waals surface area contributed by atoms with Gasteiger partial charge in [0.25, 0.3) is 0 Å². The fourth-order valence-corrected chi connectivity index (χ4v) is 7.53. The summed E-state index contributed by atoms with van der Waals surface area (Å²) in [4.78, 5) is 2.47. The van der Waals surface area contributed by atoms with Crippen molar-refractivity contribution in [2.45, 2.75) is 5.92 Å². The van der Waals surface area contributed by atoms with Gasteiger partial charge >= 0.3 is 0 Å². The van der Waals surface area contributed by atoms with Crippen LogP contribution in [0.15, 0.2) is 194 Å². The van der Waals surface area contributed by atoms with E-state index < -0.39 is 0 Å². The molecule has 0 N–H and O–H groups in total. The lowest BCUT2D eigenvalue weighted by atomic mass is 9.87. The fraction of sp³-hybridized carbons (Fsp3) is 0.0213. The monoisotopic (exact) mass is 611 g/mol. The van der Waals surface area contributed by atoms with Gasteiger partial charge in [-0.15, -0.1) is 0 Å². The molecule has 1 aliphatic rings. The topological polar surface area (TPSA) is 3.24 Å². The Kier molecular flexibility index (Phi) is 6.95. The van der Waals surface area contributed by atoms with Crippen LogP contribution in [0.5, 0.6) is 0 Å². The zero-order chi connectivity index (χ0) is 31.9. The van der Waals surface area contributed by atoms with Gasteiger partial charge in [-0.1, -0.05) is 164 Å². The van der Waals surface area contributed by atoms with E-state index in [-0.39, 0.29) is 5.92 Å². The smallest absolute Gasteiger partial charge is 0.0515 e. The second-order valence-electron chi connectivity index (χ2n) is 12.5. The molecule has 48 heavy (non-hydrogen) atoms. The molecule has 0 spiro atoms. The summed E-state index contributed by atoms with van der Waals surface area (Å²) in [6.45, 7) is 0. The van der Waals surface area contributed by atoms with Crippen molar-refractivity contribution in [1.82, 2.24) is 0 Å². The van der Waals surface area contributed by atoms with Crippen LogP contribution in [0.4, 0.5) is 17.1 Å². The summed E-state index contributed by atoms with van der Waals surface area (Å²) in [5.74, 6) is 0.103. The van der Waals surface area contributed by atoms with Crippen molar-refractivity contribution >= 4 is 27.8 Å². The summed E-state index contributed by atoms with van der Waals surface area (Å²) < 4.78 is 0. The molecule has 1 atom stereocenters. The Bertz CT molecular complexity index is 2280. The van der Waals surface area contributed by atoms with Gasteiger partial charge in [-0.05, 0) is 91.2 Å². The molecule has 226 valence electrons. The van der Waals surface area contributed by atoms with E-state index in [2.05, 4.69) is 199 Å². The number of rotatable bonds is 6. The fourth-order valence-electron chi connectivity index (χ4n) is 7.53. The third-order valence-electron chi connectivity index (χ3n) is 9.74. The maximum atomic E-state index is 2.47. The van der Waals surface area contributed by atoms with Crippen molar-refractivity contribution in [2.24, 2.45) is 0 Å². The maximum absolute atomic E-state index is 2.47. The highest BCUT2D eigenvalue weighted by Gasteiger charge is 2.35. The largest absolute Gasteiger partial charge is 0.310 e. The molecule has 8 aromatic carbocycles. The van der Waals surface area contributed by atoms with Gasteiger partial charge in [0.1, 0.15) is 0 Å². The van der Waals surface area contributed by atoms with Crippen molar-refractivity contribution in [3.8, 4) is 33.4 Å². The van der Waals surface area contributed by atoms with Gasteiger partial charge < -0.3 is 4.90 Å². The van der Waals surface area contributed by atoms with Crippen LogP contribution in [0.1, 0.15) is 22.6 Å². The molecular formula is C47H33N. The zero-order valence-corrected chi connectivity index (χ0v) is 26.5. The SMILES string of the molecule is c1ccc(-c2ccc(N(c3ccc(-c4ccccc4)cc3)c3cc4ccccc4c4c3C(c3ccccc3)c3ccccc3-4)cc2)cc1. The first-order valence-corrected chi connectivity index (χ1v) is 16.6. The third kappa shape index (κ3) is 4.80. The van der Waals surface area contributed by atoms with Gasteiger partial charge in [0.05, 0.1) is 5.69 Å². The van der Waals surface area contributed by atoms with Crippen LogP contribution in [0.25, 0.3) is 44.2 Å². The normalized spacial score (nSPS) is 13.2. The molecule has 0 heterocycles. The standard InChI is InChI=1S/C47H33N/c1-4-14-33(15-5-1)35-24-28-39(29-25-35)48(40-30-26-36(27-31-40)34-16-6-2-7-17-34)44-32-38-20-10-11-21-41(38)46-43-23-13-12-22-42(43)45(47(44)46)37-18-8-3-9-19-37/h1-32,45H. The van der Waals surface area contributed by atoms with E-state index in [1.54, 1.807) is 0 Å². The van der Waals surface area contributed by atoms with E-state index in [4.69, 9.17) is 0 Å². The van der Waals surface area contributed by atoms with E-state index >= 15 is 0 Å². The van der Waals surface area contributed by atoms with Crippen LogP contribution < -0.4 is 4.90 Å². The first kappa shape index (κ1) is 28.1. The molecule has 0 fully saturated rings. The number of hydrogen-bond acceptors (Lipinski definition) is 1. The summed E-state index contributed by atoms with van der Waals surface area (Å²) in [5, 5.41) is 2.53. The summed E-state index contributed by atoms with van der Waals surface area (Å²) in [6.07, 6.45) is 0. The first-order chi connectivity index (χ1) is 23.8. The van der Waals surface area contributed by atoms with Crippen molar-refractivity contribution < 1.29 is 0 Å². The molecule has 0 bridgehead atoms. The predicted octanol–water partition coefficient (Wildman–Crippen LogP) is 12.8. The minimum absolute atomic E-state index is 0.103. The molecule has 9 rings (SSSR count). The highest BCUT2D eigenvalue weighted by atomic mass is 15.1. The van der Waals surface area contributed by atoms with Gasteiger partial charge in [0, 0.05) is 17.3 Å². The molecule has 0 saturated heterocycles. The van der Waals surface area contributed by atoms with E-state index in [1.165, 1.54) is 66.5 Å². The maximum Gasteiger partial charge on any atom is 0.0515 e. The number of anilines is 3. The number of fused-ring (bicyclic) bond motifs is 5. The first-order valence-electron chi connectivity index (χ1n) is 16.6. The van der Waals surface area contributed by atoms with Gasteiger partial charge in [0.15, 0.2) is 0 Å². The van der Waals surface area contributed by atoms with E-state index in [0.717, 1.165) is 11.4 Å². The molecule has 0 saturated carbocycles. The second kappa shape index (κ2) is 11.9. The Morgan fingerprint density at radius 2 is 0.875 bits per heavy atom. The summed E-state index contributed by atoms with van der Waals surface area (Å²) in [5.41, 5.74) is 15.0. The molecule has 0 aromatic heterocycles. The van der Waals surface area contributed by atoms with Gasteiger partial charge in [-0.2, -0.15) is 0 Å². The summed E-state index contributed by atoms with van der Waals surface area (Å²) in [6, 6.07) is 70.6. The third-order valence-corrected chi connectivity index (χ3v) is 9.74. The number of hydrogen-bond donors (Lipinski definition) is 0. The van der Waals surface area contributed by atoms with E-state index in [0.29, 0.717) is 0 Å². The van der Waals surface area contributed by atoms with Crippen LogP contribution in [0.3, 0.4) is 0 Å². The van der Waals surface area contributed by atoms with E-state index in [1.807, 2.05) is 0 Å². The quantitative estimate of drug-likeness (QED) is 0.181. The van der Waals surface area contributed by atoms with Crippen molar-refractivity contribution in [3.63, 3.8) is 0 Å². The van der Waals surface area contributed by atoms with Gasteiger partial charge in [0.2, 0.25) is 0 Å². The minimum atomic E-state index is 0.103. The second-order valence-corrected chi connectivity index (χ2v) is 12.5. The molecule has 8 aromatic rings. The summed E-state index contributed by atoms with van der Waals surface area (Å²) >= 11 is 0. The van der Waals surface area contributed by atoms with Crippen LogP contribution in [0, 0.1) is 0 Å². The average molecular weight is 612 g/mol. The van der Waals surface area contributed by atoms with E-state index in [9.17, 15) is 0 Å². The Labute approximate surface area is 282 Å². The predicted molar refractivity (Wildman–Crippen MR) is 202 cm³/mol. The molecule has 1 heteroatoms. The van der Waals surface area contributed by atoms with Crippen LogP contribution >= 0.6 is 0 Å². The molecule has 0 radical (unpaired) electrons. The minimum Gasteiger partial charge on any atom is -0.310 e. The molecule has 1 unspecified atom stereocenters. The molecule has 0 amide bonds. The molecule has 0 aliphatic heterocycles. The Hall–Kier alpha value is -6.18. The highest BCUT2D eigenvalue weighted by molar-refractivity contribution is 6.07. The highest BCUT2D eigenvalue weighted by Crippen LogP contribution is 2.56. The van der Waals surface area contributed by atoms with Gasteiger partial charge in [-0.25, -0.2) is 0 Å². The number of nitrogens with zero attached hydrogens (tertiary/aromatic N) is 1. The van der Waals surface area contributed by atoms with Gasteiger partial charge in [-0.3, -0.25) is 0 Å². The van der Waals surface area contributed by atoms with Crippen molar-refractivity contribution in [1.29, 1.82) is 0 Å². The Morgan fingerprint density at radius 1 is 0.396 bits per heavy atom. The molecular weight excluding hydrogens is 579 g/mol. The lowest BCUT2D eigenvalue weighted by Crippen LogP contribution is -2.14. The average Bonchev–Trinajstić information content (AvgIpc) is 3.52. The van der Waals surface area contributed by atoms with Crippen molar-refractivity contribution in [2.75, 3.05) is 4.90 Å². The van der Waals surface area contributed by atoms with Crippen LogP contribution in [0.2, 0.25) is 0 Å². The lowest BCUT2D eigenvalue weighted by molar-refractivity contribution is 1.01. The van der Waals surface area contributed by atoms with Crippen LogP contribution in [-0.4, -0.2) is 0 Å². The Morgan fingerprint density at radius 3 is 1.48 bits per heavy atom. The van der Waals surface area contributed by atoms with Crippen molar-refractivity contribution in [3.05, 3.63) is 211 Å².